The molecule has 0 aliphatic carbocycles. The first-order chi connectivity index (χ1) is 1.91. The normalized spacial score (nSPS) is 4.25. The average Bonchev–Trinajstić information content (AvgIpc) is 1.37. The van der Waals surface area contributed by atoms with Gasteiger partial charge in [0.1, 0.15) is 0 Å². The quantitative estimate of drug-likeness (QED) is 0.425. The van der Waals surface area contributed by atoms with Crippen LogP contribution in [0, 0.1) is 38.3 Å². The average molecular weight is 215 g/mol. The monoisotopic (exact) mass is 216 g/mol. The van der Waals surface area contributed by atoms with Crippen molar-refractivity contribution in [2.24, 2.45) is 1.19 Å². The van der Waals surface area contributed by atoms with Crippen molar-refractivity contribution in [1.29, 1.82) is 0 Å². The summed E-state index contributed by atoms with van der Waals surface area (Å²) in [6.45, 7) is 0. The van der Waals surface area contributed by atoms with E-state index >= 15 is 0 Å². The van der Waals surface area contributed by atoms with Gasteiger partial charge in [0.25, 0.3) is 0 Å². The molecule has 0 aromatic carbocycles. The Balaban J connectivity index is 3.11. The number of nitrogens with zero attached hydrogens (tertiary/aromatic N) is 1. The van der Waals surface area contributed by atoms with Crippen LogP contribution in [0.5, 0.6) is 0 Å². The Hall–Kier alpha value is 1.12. The molecule has 0 spiro atoms. The van der Waals surface area contributed by atoms with Crippen molar-refractivity contribution in [2.75, 3.05) is 0 Å². The molecule has 0 aromatic heterocycles. The first-order valence-electron chi connectivity index (χ1n) is 0.586. The van der Waals surface area contributed by atoms with Crippen LogP contribution in [0.4, 0.5) is 0 Å². The first-order valence-corrected chi connectivity index (χ1v) is 2.01. The molecule has 0 N–H and O–H groups in total. The van der Waals surface area contributed by atoms with Gasteiger partial charge in [-0.1, -0.05) is 0 Å². The maximum absolute atomic E-state index is 4.14. The number of rotatable bonds is 0. The molecule has 0 unspecified atom stereocenters. The molecular formula is CGdNS. The van der Waals surface area contributed by atoms with E-state index in [2.05, 4.69) is 18.6 Å². The van der Waals surface area contributed by atoms with Crippen molar-refractivity contribution >= 4 is 17.4 Å². The number of hydrogen-bond donors (Lipinski definition) is 0. The molecule has 0 heterocycles. The van der Waals surface area contributed by atoms with Gasteiger partial charge in [0, 0.05) is 0 Å². The zero-order valence-electron chi connectivity index (χ0n) is 1.71. The SMILES string of the molecule is S=C=[N][Gd]. The summed E-state index contributed by atoms with van der Waals surface area (Å²) in [5.41, 5.74) is 0. The van der Waals surface area contributed by atoms with Gasteiger partial charge in [0.15, 0.2) is 0 Å². The fourth-order valence-electron chi connectivity index (χ4n) is 0. The first kappa shape index (κ1) is 5.12. The van der Waals surface area contributed by atoms with Gasteiger partial charge >= 0.3 is 56.9 Å². The van der Waals surface area contributed by atoms with Gasteiger partial charge in [0.05, 0.1) is 0 Å². The second-order valence-electron chi connectivity index (χ2n) is 0.170. The fraction of sp³-hybridized carbons (Fsp3) is 0. The maximum atomic E-state index is 4.14. The van der Waals surface area contributed by atoms with Gasteiger partial charge < -0.3 is 0 Å². The van der Waals surface area contributed by atoms with Crippen molar-refractivity contribution in [1.82, 2.24) is 0 Å². The van der Waals surface area contributed by atoms with Crippen LogP contribution in [-0.4, -0.2) is 5.16 Å². The van der Waals surface area contributed by atoms with Gasteiger partial charge in [-0.2, -0.15) is 0 Å². The Bertz CT molecular complexity index is 46.0. The summed E-state index contributed by atoms with van der Waals surface area (Å²) >= 11 is 5.58. The summed E-state index contributed by atoms with van der Waals surface area (Å²) in [5.74, 6) is 0. The van der Waals surface area contributed by atoms with Crippen molar-refractivity contribution in [3.63, 3.8) is 0 Å². The van der Waals surface area contributed by atoms with E-state index in [-0.39, 0.29) is 0 Å². The molecule has 1 nitrogen and oxygen atoms in total. The molecule has 0 saturated carbocycles. The summed E-state index contributed by atoms with van der Waals surface area (Å²) in [6.07, 6.45) is 0. The molecular weight excluding hydrogens is 215 g/mol. The van der Waals surface area contributed by atoms with E-state index in [1.807, 2.05) is 0 Å². The van der Waals surface area contributed by atoms with Gasteiger partial charge in [-0.3, -0.25) is 0 Å². The topological polar surface area (TPSA) is 12.4 Å². The predicted molar refractivity (Wildman–Crippen MR) is 15.0 cm³/mol. The van der Waals surface area contributed by atoms with Crippen molar-refractivity contribution in [3.8, 4) is 0 Å². The molecule has 3 heteroatoms. The Morgan fingerprint density at radius 1 is 2.00 bits per heavy atom. The summed E-state index contributed by atoms with van der Waals surface area (Å²) in [5, 5.41) is 2.15. The fourth-order valence-corrected chi connectivity index (χ4v) is 0. The van der Waals surface area contributed by atoms with Crippen LogP contribution in [0.1, 0.15) is 0 Å². The van der Waals surface area contributed by atoms with Crippen LogP contribution < -0.4 is 0 Å². The van der Waals surface area contributed by atoms with Crippen LogP contribution in [0.15, 0.2) is 1.19 Å². The molecule has 0 saturated heterocycles. The molecule has 0 aromatic rings. The molecule has 0 aliphatic heterocycles. The van der Waals surface area contributed by atoms with E-state index in [1.54, 1.807) is 0 Å². The number of thiocarbonyl (C=S) groups is 1. The molecule has 0 rings (SSSR count). The third kappa shape index (κ3) is 3.12. The van der Waals surface area contributed by atoms with E-state index in [1.165, 1.54) is 38.3 Å². The van der Waals surface area contributed by atoms with Crippen molar-refractivity contribution in [3.05, 3.63) is 0 Å². The van der Waals surface area contributed by atoms with Gasteiger partial charge in [0.2, 0.25) is 0 Å². The third-order valence-electron chi connectivity index (χ3n) is 0.0323. The van der Waals surface area contributed by atoms with Gasteiger partial charge in [-0.25, -0.2) is 0 Å². The third-order valence-corrected chi connectivity index (χ3v) is 0.718. The van der Waals surface area contributed by atoms with Crippen LogP contribution >= 0.6 is 12.2 Å². The van der Waals surface area contributed by atoms with Gasteiger partial charge in [-0.05, 0) is 0 Å². The van der Waals surface area contributed by atoms with Crippen LogP contribution in [0.3, 0.4) is 0 Å². The van der Waals surface area contributed by atoms with Crippen LogP contribution in [0.25, 0.3) is 0 Å². The molecule has 0 radical (unpaired) electrons. The van der Waals surface area contributed by atoms with Gasteiger partial charge in [-0.15, -0.1) is 0 Å². The standard InChI is InChI=1S/CNS.Gd/c2-1-3;/q-1;+1. The van der Waals surface area contributed by atoms with E-state index in [0.29, 0.717) is 0 Å². The molecule has 0 bridgehead atoms. The molecule has 23 valence electrons. The molecule has 0 atom stereocenters. The zero-order chi connectivity index (χ0) is 3.41. The molecule has 0 aliphatic rings. The molecule has 0 fully saturated rings. The van der Waals surface area contributed by atoms with Crippen LogP contribution in [0.2, 0.25) is 0 Å². The second kappa shape index (κ2) is 4.12. The Kier molecular flexibility index (Phi) is 5.28. The van der Waals surface area contributed by atoms with E-state index in [9.17, 15) is 0 Å². The second-order valence-corrected chi connectivity index (χ2v) is 0.860. The van der Waals surface area contributed by atoms with Crippen molar-refractivity contribution in [2.45, 2.75) is 0 Å². The summed E-state index contributed by atoms with van der Waals surface area (Å²) in [6, 6.07) is 0. The Morgan fingerprint density at radius 3 is 2.25 bits per heavy atom. The minimum atomic E-state index is 1.43. The number of isothiocyanates is 1. The number of hydrogen-bond acceptors (Lipinski definition) is 2. The minimum absolute atomic E-state index is 1.43. The van der Waals surface area contributed by atoms with E-state index in [4.69, 9.17) is 0 Å². The summed E-state index contributed by atoms with van der Waals surface area (Å²) in [7, 11) is 0. The zero-order valence-corrected chi connectivity index (χ0v) is 4.79. The Labute approximate surface area is 56.1 Å². The molecule has 4 heavy (non-hydrogen) atoms. The Morgan fingerprint density at radius 2 is 2.25 bits per heavy atom. The predicted octanol–water partition coefficient (Wildman–Crippen LogP) is 0.553. The van der Waals surface area contributed by atoms with Crippen molar-refractivity contribution < 1.29 is 38.3 Å². The summed E-state index contributed by atoms with van der Waals surface area (Å²) in [4.78, 5) is 0. The van der Waals surface area contributed by atoms with E-state index < -0.39 is 0 Å². The van der Waals surface area contributed by atoms with Crippen LogP contribution in [-0.2, 0) is 0 Å². The van der Waals surface area contributed by atoms with E-state index in [0.717, 1.165) is 0 Å². The summed E-state index contributed by atoms with van der Waals surface area (Å²) < 4.78 is 3.33. The molecule has 0 amide bonds.